The summed E-state index contributed by atoms with van der Waals surface area (Å²) in [7, 11) is -2.35. The van der Waals surface area contributed by atoms with Crippen molar-refractivity contribution in [3.63, 3.8) is 0 Å². The second kappa shape index (κ2) is 9.32. The Morgan fingerprint density at radius 2 is 1.48 bits per heavy atom. The van der Waals surface area contributed by atoms with Gasteiger partial charge in [0.2, 0.25) is 10.9 Å². The number of amides is 2. The number of aryl methyl sites for hydroxylation is 1. The van der Waals surface area contributed by atoms with Gasteiger partial charge in [-0.25, -0.2) is 8.42 Å². The molecule has 0 bridgehead atoms. The zero-order valence-electron chi connectivity index (χ0n) is 18.6. The molecule has 0 spiro atoms. The summed E-state index contributed by atoms with van der Waals surface area (Å²) in [5.74, 6) is -0.422. The Morgan fingerprint density at radius 1 is 0.909 bits per heavy atom. The Labute approximate surface area is 198 Å². The predicted molar refractivity (Wildman–Crippen MR) is 124 cm³/mol. The van der Waals surface area contributed by atoms with Gasteiger partial charge in [0.05, 0.1) is 5.56 Å². The molecule has 0 N–H and O–H groups in total. The molecule has 2 aliphatic rings. The molecule has 0 radical (unpaired) electrons. The SMILES string of the molecule is CC(=O)N1CCN(C(=O)c2cn(C)nc2S(=O)(=O)N2CCN(c3ccc(Cl)cc3)CC2)CC1. The molecule has 0 saturated carbocycles. The Bertz CT molecular complexity index is 1130. The van der Waals surface area contributed by atoms with E-state index in [2.05, 4.69) is 10.00 Å². The van der Waals surface area contributed by atoms with Crippen molar-refractivity contribution >= 4 is 39.1 Å². The summed E-state index contributed by atoms with van der Waals surface area (Å²) in [6.45, 7) is 4.66. The summed E-state index contributed by atoms with van der Waals surface area (Å²) in [6.07, 6.45) is 1.45. The van der Waals surface area contributed by atoms with Crippen LogP contribution in [0.1, 0.15) is 17.3 Å². The van der Waals surface area contributed by atoms with Crippen LogP contribution < -0.4 is 4.90 Å². The minimum Gasteiger partial charge on any atom is -0.369 e. The molecule has 2 amide bonds. The van der Waals surface area contributed by atoms with Crippen molar-refractivity contribution in [1.29, 1.82) is 0 Å². The fourth-order valence-corrected chi connectivity index (χ4v) is 5.83. The van der Waals surface area contributed by atoms with E-state index < -0.39 is 10.0 Å². The highest BCUT2D eigenvalue weighted by molar-refractivity contribution is 7.89. The van der Waals surface area contributed by atoms with Gasteiger partial charge in [0.15, 0.2) is 0 Å². The standard InChI is InChI=1S/C21H27ClN6O4S/c1-16(29)25-7-9-27(10-8-25)21(30)19-15-24(2)23-20(19)33(31,32)28-13-11-26(12-14-28)18-5-3-17(22)4-6-18/h3-6,15H,7-14H2,1-2H3. The van der Waals surface area contributed by atoms with Crippen LogP contribution in [0.3, 0.4) is 0 Å². The number of carbonyl (C=O) groups excluding carboxylic acids is 2. The van der Waals surface area contributed by atoms with Crippen molar-refractivity contribution in [2.24, 2.45) is 7.05 Å². The Morgan fingerprint density at radius 3 is 2.06 bits per heavy atom. The van der Waals surface area contributed by atoms with Crippen LogP contribution in [0.5, 0.6) is 0 Å². The Hall–Kier alpha value is -2.63. The number of sulfonamides is 1. The number of piperazine rings is 2. The largest absolute Gasteiger partial charge is 0.369 e. The highest BCUT2D eigenvalue weighted by Crippen LogP contribution is 2.24. The summed E-state index contributed by atoms with van der Waals surface area (Å²) in [6, 6.07) is 7.44. The lowest BCUT2D eigenvalue weighted by molar-refractivity contribution is -0.130. The molecule has 12 heteroatoms. The highest BCUT2D eigenvalue weighted by atomic mass is 35.5. The third-order valence-corrected chi connectivity index (χ3v) is 8.14. The third-order valence-electron chi connectivity index (χ3n) is 6.05. The molecule has 2 saturated heterocycles. The van der Waals surface area contributed by atoms with E-state index in [1.165, 1.54) is 22.1 Å². The van der Waals surface area contributed by atoms with Gasteiger partial charge in [0.1, 0.15) is 0 Å². The Kier molecular flexibility index (Phi) is 6.64. The molecule has 0 unspecified atom stereocenters. The number of halogens is 1. The summed E-state index contributed by atoms with van der Waals surface area (Å²) < 4.78 is 29.6. The quantitative estimate of drug-likeness (QED) is 0.626. The van der Waals surface area contributed by atoms with Crippen LogP contribution in [-0.2, 0) is 21.9 Å². The topological polar surface area (TPSA) is 99.1 Å². The van der Waals surface area contributed by atoms with Crippen LogP contribution in [0.4, 0.5) is 5.69 Å². The lowest BCUT2D eigenvalue weighted by atomic mass is 10.2. The molecular formula is C21H27ClN6O4S. The first-order valence-corrected chi connectivity index (χ1v) is 12.6. The number of anilines is 1. The lowest BCUT2D eigenvalue weighted by Crippen LogP contribution is -2.51. The summed E-state index contributed by atoms with van der Waals surface area (Å²) in [4.78, 5) is 30.1. The van der Waals surface area contributed by atoms with Gasteiger partial charge in [-0.05, 0) is 24.3 Å². The number of hydrogen-bond donors (Lipinski definition) is 0. The third kappa shape index (κ3) is 4.85. The zero-order valence-corrected chi connectivity index (χ0v) is 20.2. The minimum atomic E-state index is -3.95. The first kappa shape index (κ1) is 23.5. The normalized spacial score (nSPS) is 18.0. The maximum Gasteiger partial charge on any atom is 0.263 e. The van der Waals surface area contributed by atoms with Gasteiger partial charge in [-0.1, -0.05) is 11.6 Å². The van der Waals surface area contributed by atoms with Crippen LogP contribution in [0.2, 0.25) is 5.02 Å². The number of hydrogen-bond acceptors (Lipinski definition) is 6. The molecule has 33 heavy (non-hydrogen) atoms. The number of carbonyl (C=O) groups is 2. The fourth-order valence-electron chi connectivity index (χ4n) is 4.16. The van der Waals surface area contributed by atoms with Crippen molar-refractivity contribution in [2.45, 2.75) is 11.9 Å². The van der Waals surface area contributed by atoms with Crippen LogP contribution in [0.25, 0.3) is 0 Å². The molecule has 178 valence electrons. The molecule has 3 heterocycles. The number of benzene rings is 1. The second-order valence-corrected chi connectivity index (χ2v) is 10.5. The van der Waals surface area contributed by atoms with E-state index in [1.807, 2.05) is 24.3 Å². The Balaban J connectivity index is 1.48. The highest BCUT2D eigenvalue weighted by Gasteiger charge is 2.36. The van der Waals surface area contributed by atoms with Gasteiger partial charge in [0.25, 0.3) is 15.9 Å². The molecule has 0 atom stereocenters. The monoisotopic (exact) mass is 494 g/mol. The molecule has 1 aromatic heterocycles. The molecule has 0 aliphatic carbocycles. The van der Waals surface area contributed by atoms with Crippen molar-refractivity contribution in [1.82, 2.24) is 23.9 Å². The molecule has 2 aliphatic heterocycles. The summed E-state index contributed by atoms with van der Waals surface area (Å²) >= 11 is 5.96. The van der Waals surface area contributed by atoms with E-state index in [-0.39, 0.29) is 35.5 Å². The van der Waals surface area contributed by atoms with Crippen molar-refractivity contribution < 1.29 is 18.0 Å². The van der Waals surface area contributed by atoms with Crippen molar-refractivity contribution in [3.05, 3.63) is 41.0 Å². The minimum absolute atomic E-state index is 0.0375. The lowest BCUT2D eigenvalue weighted by Gasteiger charge is -2.35. The number of nitrogens with zero attached hydrogens (tertiary/aromatic N) is 6. The molecule has 1 aromatic carbocycles. The maximum atomic E-state index is 13.4. The van der Waals surface area contributed by atoms with Crippen molar-refractivity contribution in [3.8, 4) is 0 Å². The van der Waals surface area contributed by atoms with Gasteiger partial charge in [-0.2, -0.15) is 9.40 Å². The zero-order chi connectivity index (χ0) is 23.8. The van der Waals surface area contributed by atoms with Crippen LogP contribution in [0.15, 0.2) is 35.5 Å². The average Bonchev–Trinajstić information content (AvgIpc) is 3.22. The van der Waals surface area contributed by atoms with Gasteiger partial charge < -0.3 is 14.7 Å². The predicted octanol–water partition coefficient (Wildman–Crippen LogP) is 0.889. The van der Waals surface area contributed by atoms with E-state index in [0.717, 1.165) is 5.69 Å². The van der Waals surface area contributed by atoms with Gasteiger partial charge in [-0.3, -0.25) is 14.3 Å². The van der Waals surface area contributed by atoms with Gasteiger partial charge in [-0.15, -0.1) is 0 Å². The number of aromatic nitrogens is 2. The van der Waals surface area contributed by atoms with E-state index in [4.69, 9.17) is 11.6 Å². The average molecular weight is 495 g/mol. The van der Waals surface area contributed by atoms with Gasteiger partial charge >= 0.3 is 0 Å². The fraction of sp³-hybridized carbons (Fsp3) is 0.476. The smallest absolute Gasteiger partial charge is 0.263 e. The van der Waals surface area contributed by atoms with E-state index in [1.54, 1.807) is 16.8 Å². The van der Waals surface area contributed by atoms with Crippen molar-refractivity contribution in [2.75, 3.05) is 57.3 Å². The van der Waals surface area contributed by atoms with Crippen LogP contribution >= 0.6 is 11.6 Å². The molecule has 10 nitrogen and oxygen atoms in total. The number of rotatable bonds is 4. The molecule has 2 aromatic rings. The summed E-state index contributed by atoms with van der Waals surface area (Å²) in [5, 5.41) is 4.58. The van der Waals surface area contributed by atoms with E-state index in [9.17, 15) is 18.0 Å². The van der Waals surface area contributed by atoms with E-state index in [0.29, 0.717) is 44.3 Å². The van der Waals surface area contributed by atoms with Crippen LogP contribution in [0, 0.1) is 0 Å². The van der Waals surface area contributed by atoms with Gasteiger partial charge in [0, 0.05) is 83.2 Å². The maximum absolute atomic E-state index is 13.4. The molecule has 4 rings (SSSR count). The van der Waals surface area contributed by atoms with Crippen LogP contribution in [-0.4, -0.2) is 96.5 Å². The summed E-state index contributed by atoms with van der Waals surface area (Å²) in [5.41, 5.74) is 1.05. The first-order valence-electron chi connectivity index (χ1n) is 10.8. The van der Waals surface area contributed by atoms with E-state index >= 15 is 0 Å². The molecule has 2 fully saturated rings. The second-order valence-electron chi connectivity index (χ2n) is 8.19. The molecular weight excluding hydrogens is 468 g/mol. The first-order chi connectivity index (χ1) is 15.7.